The summed E-state index contributed by atoms with van der Waals surface area (Å²) in [6.07, 6.45) is 0. The lowest BCUT2D eigenvalue weighted by atomic mass is 10.1. The molecule has 1 N–H and O–H groups in total. The van der Waals surface area contributed by atoms with E-state index in [1.807, 2.05) is 42.2 Å². The largest absolute Gasteiger partial charge is 0.493 e. The van der Waals surface area contributed by atoms with Gasteiger partial charge in [-0.3, -0.25) is 14.2 Å². The summed E-state index contributed by atoms with van der Waals surface area (Å²) in [6, 6.07) is 16.8. The van der Waals surface area contributed by atoms with Crippen LogP contribution in [0.15, 0.2) is 64.4 Å². The van der Waals surface area contributed by atoms with E-state index in [0.29, 0.717) is 17.1 Å². The minimum atomic E-state index is -0.435. The SMILES string of the molecule is CCN(Cn1c(O)c(C2=c3ccccc3=NC2=O)sc1=O)c1ccccc1. The van der Waals surface area contributed by atoms with Gasteiger partial charge in [0.25, 0.3) is 5.91 Å². The van der Waals surface area contributed by atoms with Crippen LogP contribution in [0.3, 0.4) is 0 Å². The van der Waals surface area contributed by atoms with E-state index in [4.69, 9.17) is 0 Å². The Kier molecular flexibility index (Phi) is 4.37. The van der Waals surface area contributed by atoms with Crippen LogP contribution in [0, 0.1) is 0 Å². The number of hydrogen-bond acceptors (Lipinski definition) is 5. The zero-order valence-electron chi connectivity index (χ0n) is 14.6. The average Bonchev–Trinajstić information content (AvgIpc) is 3.15. The number of hydrogen-bond donors (Lipinski definition) is 1. The maximum absolute atomic E-state index is 12.6. The standard InChI is InChI=1S/C20H17N3O3S/c1-2-22(13-8-4-3-5-9-13)12-23-19(25)17(27-20(23)26)16-14-10-6-7-11-15(14)21-18(16)24/h3-11,25H,2,12H2,1H3. The van der Waals surface area contributed by atoms with Crippen molar-refractivity contribution in [2.24, 2.45) is 4.99 Å². The lowest BCUT2D eigenvalue weighted by Crippen LogP contribution is -2.29. The molecular weight excluding hydrogens is 362 g/mol. The van der Waals surface area contributed by atoms with Crippen LogP contribution in [0.1, 0.15) is 11.8 Å². The predicted molar refractivity (Wildman–Crippen MR) is 104 cm³/mol. The van der Waals surface area contributed by atoms with Gasteiger partial charge in [-0.05, 0) is 25.1 Å². The van der Waals surface area contributed by atoms with Crippen LogP contribution >= 0.6 is 11.3 Å². The Balaban J connectivity index is 1.79. The second-order valence-corrected chi connectivity index (χ2v) is 7.05. The first-order valence-electron chi connectivity index (χ1n) is 8.55. The fraction of sp³-hybridized carbons (Fsp3) is 0.150. The average molecular weight is 379 g/mol. The fourth-order valence-electron chi connectivity index (χ4n) is 3.14. The summed E-state index contributed by atoms with van der Waals surface area (Å²) in [4.78, 5) is 30.9. The molecule has 3 aromatic rings. The molecule has 4 rings (SSSR count). The molecule has 0 bridgehead atoms. The third-order valence-corrected chi connectivity index (χ3v) is 5.51. The number of nitrogens with zero attached hydrogens (tertiary/aromatic N) is 3. The molecule has 0 fully saturated rings. The Morgan fingerprint density at radius 1 is 1.07 bits per heavy atom. The zero-order valence-corrected chi connectivity index (χ0v) is 15.4. The summed E-state index contributed by atoms with van der Waals surface area (Å²) in [7, 11) is 0. The normalized spacial score (nSPS) is 12.8. The van der Waals surface area contributed by atoms with Gasteiger partial charge in [0.2, 0.25) is 5.88 Å². The van der Waals surface area contributed by atoms with E-state index in [1.165, 1.54) is 4.57 Å². The molecule has 2 aromatic carbocycles. The zero-order chi connectivity index (χ0) is 19.0. The predicted octanol–water partition coefficient (Wildman–Crippen LogP) is 1.46. The van der Waals surface area contributed by atoms with Gasteiger partial charge in [-0.2, -0.15) is 0 Å². The number of rotatable bonds is 5. The number of carbonyl (C=O) groups excluding carboxylic acids is 1. The van der Waals surface area contributed by atoms with Crippen LogP contribution in [0.2, 0.25) is 0 Å². The number of thiazole rings is 1. The van der Waals surface area contributed by atoms with Gasteiger partial charge in [0, 0.05) is 17.5 Å². The highest BCUT2D eigenvalue weighted by molar-refractivity contribution is 7.11. The molecule has 0 radical (unpaired) electrons. The van der Waals surface area contributed by atoms with E-state index >= 15 is 0 Å². The Labute approximate surface area is 159 Å². The first-order valence-corrected chi connectivity index (χ1v) is 9.37. The van der Waals surface area contributed by atoms with Crippen molar-refractivity contribution in [2.45, 2.75) is 13.6 Å². The Morgan fingerprint density at radius 2 is 1.78 bits per heavy atom. The molecule has 0 saturated heterocycles. The van der Waals surface area contributed by atoms with Gasteiger partial charge < -0.3 is 10.0 Å². The van der Waals surface area contributed by atoms with Gasteiger partial charge >= 0.3 is 4.87 Å². The van der Waals surface area contributed by atoms with Crippen molar-refractivity contribution >= 4 is 28.5 Å². The van der Waals surface area contributed by atoms with E-state index in [1.54, 1.807) is 24.3 Å². The van der Waals surface area contributed by atoms with E-state index in [-0.39, 0.29) is 27.9 Å². The smallest absolute Gasteiger partial charge is 0.312 e. The van der Waals surface area contributed by atoms with Gasteiger partial charge in [0.05, 0.1) is 10.9 Å². The lowest BCUT2D eigenvalue weighted by molar-refractivity contribution is -0.112. The fourth-order valence-corrected chi connectivity index (χ4v) is 4.07. The van der Waals surface area contributed by atoms with Gasteiger partial charge in [0.1, 0.15) is 11.5 Å². The number of aromatic nitrogens is 1. The third kappa shape index (κ3) is 2.96. The summed E-state index contributed by atoms with van der Waals surface area (Å²) < 4.78 is 1.29. The molecule has 27 heavy (non-hydrogen) atoms. The van der Waals surface area contributed by atoms with Gasteiger partial charge in [0.15, 0.2) is 0 Å². The van der Waals surface area contributed by atoms with Crippen molar-refractivity contribution in [3.8, 4) is 5.88 Å². The molecule has 7 heteroatoms. The van der Waals surface area contributed by atoms with Crippen molar-refractivity contribution in [3.05, 3.63) is 79.7 Å². The molecule has 0 unspecified atom stereocenters. The highest BCUT2D eigenvalue weighted by Gasteiger charge is 2.26. The number of anilines is 1. The molecule has 1 aliphatic rings. The van der Waals surface area contributed by atoms with Crippen LogP contribution in [-0.4, -0.2) is 22.1 Å². The molecule has 0 aliphatic carbocycles. The number of amides is 1. The topological polar surface area (TPSA) is 74.9 Å². The Morgan fingerprint density at radius 3 is 2.52 bits per heavy atom. The number of benzene rings is 2. The van der Waals surface area contributed by atoms with Crippen molar-refractivity contribution in [1.29, 1.82) is 0 Å². The number of para-hydroxylation sites is 2. The molecule has 6 nitrogen and oxygen atoms in total. The third-order valence-electron chi connectivity index (χ3n) is 4.52. The van der Waals surface area contributed by atoms with E-state index < -0.39 is 5.91 Å². The molecule has 1 amide bonds. The van der Waals surface area contributed by atoms with Crippen LogP contribution in [-0.2, 0) is 11.5 Å². The minimum absolute atomic E-state index is 0.196. The number of fused-ring (bicyclic) bond motifs is 1. The first-order chi connectivity index (χ1) is 13.1. The molecule has 2 heterocycles. The quantitative estimate of drug-likeness (QED) is 0.728. The summed E-state index contributed by atoms with van der Waals surface area (Å²) in [5, 5.41) is 11.9. The molecule has 0 saturated carbocycles. The maximum atomic E-state index is 12.6. The highest BCUT2D eigenvalue weighted by atomic mass is 32.1. The second-order valence-electron chi connectivity index (χ2n) is 6.09. The lowest BCUT2D eigenvalue weighted by Gasteiger charge is -2.23. The monoisotopic (exact) mass is 379 g/mol. The molecule has 1 aromatic heterocycles. The molecule has 136 valence electrons. The van der Waals surface area contributed by atoms with E-state index in [9.17, 15) is 14.7 Å². The van der Waals surface area contributed by atoms with E-state index in [2.05, 4.69) is 4.99 Å². The molecule has 0 spiro atoms. The summed E-state index contributed by atoms with van der Waals surface area (Å²) >= 11 is 0.866. The first kappa shape index (κ1) is 17.2. The van der Waals surface area contributed by atoms with Crippen molar-refractivity contribution in [3.63, 3.8) is 0 Å². The van der Waals surface area contributed by atoms with Crippen LogP contribution in [0.4, 0.5) is 5.69 Å². The van der Waals surface area contributed by atoms with E-state index in [0.717, 1.165) is 17.0 Å². The minimum Gasteiger partial charge on any atom is -0.493 e. The summed E-state index contributed by atoms with van der Waals surface area (Å²) in [6.45, 7) is 2.84. The number of aromatic hydroxyl groups is 1. The summed E-state index contributed by atoms with van der Waals surface area (Å²) in [5.41, 5.74) is 1.23. The van der Waals surface area contributed by atoms with Gasteiger partial charge in [-0.15, -0.1) is 0 Å². The summed E-state index contributed by atoms with van der Waals surface area (Å²) in [5.74, 6) is -0.634. The molecule has 0 atom stereocenters. The van der Waals surface area contributed by atoms with Crippen LogP contribution < -0.4 is 20.3 Å². The Bertz CT molecular complexity index is 1200. The molecular formula is C20H17N3O3S. The number of carbonyl (C=O) groups is 1. The van der Waals surface area contributed by atoms with Crippen molar-refractivity contribution < 1.29 is 9.90 Å². The second kappa shape index (κ2) is 6.85. The van der Waals surface area contributed by atoms with Gasteiger partial charge in [-0.1, -0.05) is 47.7 Å². The van der Waals surface area contributed by atoms with Crippen molar-refractivity contribution in [1.82, 2.24) is 4.57 Å². The Hall–Kier alpha value is -3.19. The van der Waals surface area contributed by atoms with Crippen molar-refractivity contribution in [2.75, 3.05) is 11.4 Å². The van der Waals surface area contributed by atoms with Crippen LogP contribution in [0.25, 0.3) is 5.57 Å². The van der Waals surface area contributed by atoms with Crippen LogP contribution in [0.5, 0.6) is 5.88 Å². The maximum Gasteiger partial charge on any atom is 0.312 e. The molecule has 1 aliphatic heterocycles. The van der Waals surface area contributed by atoms with Gasteiger partial charge in [-0.25, -0.2) is 4.99 Å². The highest BCUT2D eigenvalue weighted by Crippen LogP contribution is 2.28.